The van der Waals surface area contributed by atoms with Crippen LogP contribution in [0, 0.1) is 12.8 Å². The van der Waals surface area contributed by atoms with Crippen LogP contribution in [0.25, 0.3) is 22.6 Å². The molecule has 1 saturated heterocycles. The summed E-state index contributed by atoms with van der Waals surface area (Å²) in [6.45, 7) is 15.5. The Morgan fingerprint density at radius 2 is 1.75 bits per heavy atom. The number of rotatable bonds is 9. The highest BCUT2D eigenvalue weighted by atomic mass is 16.7. The van der Waals surface area contributed by atoms with Crippen molar-refractivity contribution in [3.05, 3.63) is 59.9 Å². The summed E-state index contributed by atoms with van der Waals surface area (Å²) in [5, 5.41) is 17.4. The van der Waals surface area contributed by atoms with Crippen LogP contribution in [-0.2, 0) is 21.3 Å². The Balaban J connectivity index is 1.41. The van der Waals surface area contributed by atoms with Crippen molar-refractivity contribution in [2.75, 3.05) is 18.0 Å². The SMILES string of the molecule is Cc1cccnc1N(C(=O)c1ccc(-c2cnn(C)c2-c2nnn(C(OC(=O)OC(C)C)C(C)C)n2)cc1)C1CCCN(C(=O)OC(C)(C)C)C1. The van der Waals surface area contributed by atoms with Gasteiger partial charge in [-0.15, -0.1) is 15.0 Å². The van der Waals surface area contributed by atoms with Crippen molar-refractivity contribution in [2.45, 2.75) is 92.2 Å². The van der Waals surface area contributed by atoms with E-state index < -0.39 is 24.1 Å². The zero-order chi connectivity index (χ0) is 37.0. The minimum Gasteiger partial charge on any atom is -0.444 e. The summed E-state index contributed by atoms with van der Waals surface area (Å²) in [6, 6.07) is 10.7. The van der Waals surface area contributed by atoms with Gasteiger partial charge >= 0.3 is 12.2 Å². The molecule has 5 rings (SSSR count). The van der Waals surface area contributed by atoms with Gasteiger partial charge in [0.15, 0.2) is 0 Å². The molecule has 4 heterocycles. The molecule has 1 aromatic carbocycles. The van der Waals surface area contributed by atoms with Crippen LogP contribution in [0.1, 0.15) is 83.5 Å². The Hall–Kier alpha value is -5.34. The lowest BCUT2D eigenvalue weighted by Gasteiger charge is -2.39. The molecule has 15 heteroatoms. The molecule has 15 nitrogen and oxygen atoms in total. The number of anilines is 1. The number of amides is 2. The Labute approximate surface area is 297 Å². The second kappa shape index (κ2) is 15.3. The van der Waals surface area contributed by atoms with Crippen LogP contribution < -0.4 is 4.90 Å². The maximum atomic E-state index is 14.4. The summed E-state index contributed by atoms with van der Waals surface area (Å²) in [5.74, 6) is 0.421. The van der Waals surface area contributed by atoms with Gasteiger partial charge in [0, 0.05) is 43.4 Å². The molecule has 1 aliphatic heterocycles. The van der Waals surface area contributed by atoms with Gasteiger partial charge in [0.25, 0.3) is 5.91 Å². The number of ether oxygens (including phenoxy) is 3. The lowest BCUT2D eigenvalue weighted by molar-refractivity contribution is -0.0473. The van der Waals surface area contributed by atoms with E-state index in [1.165, 1.54) is 4.80 Å². The zero-order valence-electron chi connectivity index (χ0n) is 30.7. The molecule has 1 fully saturated rings. The van der Waals surface area contributed by atoms with Crippen LogP contribution in [0.5, 0.6) is 0 Å². The monoisotopic (exact) mass is 701 g/mol. The molecule has 51 heavy (non-hydrogen) atoms. The molecule has 0 bridgehead atoms. The van der Waals surface area contributed by atoms with E-state index in [1.807, 2.05) is 65.8 Å². The summed E-state index contributed by atoms with van der Waals surface area (Å²) in [4.78, 5) is 48.9. The predicted molar refractivity (Wildman–Crippen MR) is 189 cm³/mol. The fraction of sp³-hybridized carbons (Fsp3) is 0.500. The number of hydrogen-bond donors (Lipinski definition) is 0. The first-order valence-electron chi connectivity index (χ1n) is 17.2. The number of pyridine rings is 1. The molecule has 272 valence electrons. The molecule has 0 N–H and O–H groups in total. The lowest BCUT2D eigenvalue weighted by Crippen LogP contribution is -2.53. The molecule has 2 amide bonds. The average molecular weight is 702 g/mol. The van der Waals surface area contributed by atoms with Gasteiger partial charge in [-0.05, 0) is 88.9 Å². The van der Waals surface area contributed by atoms with Crippen LogP contribution in [0.15, 0.2) is 48.8 Å². The van der Waals surface area contributed by atoms with Gasteiger partial charge < -0.3 is 19.1 Å². The molecule has 3 aromatic heterocycles. The third-order valence-electron chi connectivity index (χ3n) is 8.21. The fourth-order valence-corrected chi connectivity index (χ4v) is 5.86. The standard InChI is InChI=1S/C36H47N9O6/c1-22(2)33(50-35(48)49-23(3)4)45-40-30(39-41-45)29-28(20-38-42(29)9)25-14-16-26(17-15-25)32(46)44(31-24(5)12-10-18-37-31)27-13-11-19-43(21-27)34(47)51-36(6,7)8/h10,12,14-18,20,22-23,27,33H,11,13,19,21H2,1-9H3. The first-order chi connectivity index (χ1) is 24.1. The summed E-state index contributed by atoms with van der Waals surface area (Å²) in [5.41, 5.74) is 2.75. The normalized spacial score (nSPS) is 15.5. The molecular weight excluding hydrogens is 654 g/mol. The van der Waals surface area contributed by atoms with E-state index in [0.717, 1.165) is 16.7 Å². The summed E-state index contributed by atoms with van der Waals surface area (Å²) >= 11 is 0. The van der Waals surface area contributed by atoms with E-state index in [9.17, 15) is 14.4 Å². The molecule has 0 radical (unpaired) electrons. The number of benzene rings is 1. The van der Waals surface area contributed by atoms with Crippen molar-refractivity contribution in [2.24, 2.45) is 13.0 Å². The molecule has 0 saturated carbocycles. The molecule has 2 unspecified atom stereocenters. The predicted octanol–water partition coefficient (Wildman–Crippen LogP) is 6.21. The van der Waals surface area contributed by atoms with Gasteiger partial charge in [-0.1, -0.05) is 32.0 Å². The first kappa shape index (κ1) is 36.9. The third kappa shape index (κ3) is 8.70. The third-order valence-corrected chi connectivity index (χ3v) is 8.21. The van der Waals surface area contributed by atoms with E-state index in [2.05, 4.69) is 25.5 Å². The molecule has 4 aromatic rings. The van der Waals surface area contributed by atoms with Crippen molar-refractivity contribution in [1.29, 1.82) is 0 Å². The first-order valence-corrected chi connectivity index (χ1v) is 17.2. The number of carbonyl (C=O) groups is 3. The molecule has 0 spiro atoms. The minimum atomic E-state index is -0.842. The van der Waals surface area contributed by atoms with Gasteiger partial charge in [0.2, 0.25) is 12.1 Å². The lowest BCUT2D eigenvalue weighted by atomic mass is 10.0. The fourth-order valence-electron chi connectivity index (χ4n) is 5.86. The van der Waals surface area contributed by atoms with Gasteiger partial charge in [0.05, 0.1) is 18.3 Å². The summed E-state index contributed by atoms with van der Waals surface area (Å²) < 4.78 is 17.9. The topological polar surface area (TPSA) is 160 Å². The molecule has 1 aliphatic rings. The Morgan fingerprint density at radius 3 is 2.39 bits per heavy atom. The number of tetrazole rings is 1. The highest BCUT2D eigenvalue weighted by molar-refractivity contribution is 6.06. The van der Waals surface area contributed by atoms with Crippen molar-refractivity contribution in [3.8, 4) is 22.6 Å². The highest BCUT2D eigenvalue weighted by Gasteiger charge is 2.35. The number of piperidine rings is 1. The van der Waals surface area contributed by atoms with Gasteiger partial charge in [-0.25, -0.2) is 14.6 Å². The van der Waals surface area contributed by atoms with E-state index in [-0.39, 0.29) is 29.8 Å². The van der Waals surface area contributed by atoms with Gasteiger partial charge in [-0.2, -0.15) is 5.10 Å². The van der Waals surface area contributed by atoms with Crippen molar-refractivity contribution >= 4 is 24.0 Å². The smallest absolute Gasteiger partial charge is 0.444 e. The maximum absolute atomic E-state index is 14.4. The molecule has 2 atom stereocenters. The van der Waals surface area contributed by atoms with Crippen LogP contribution in [0.2, 0.25) is 0 Å². The molecule has 0 aliphatic carbocycles. The zero-order valence-corrected chi connectivity index (χ0v) is 30.7. The quantitative estimate of drug-likeness (QED) is 0.183. The Morgan fingerprint density at radius 1 is 1.02 bits per heavy atom. The summed E-state index contributed by atoms with van der Waals surface area (Å²) in [6.07, 6.45) is 2.38. The maximum Gasteiger partial charge on any atom is 0.510 e. The average Bonchev–Trinajstić information content (AvgIpc) is 3.70. The number of likely N-dealkylation sites (tertiary alicyclic amines) is 1. The van der Waals surface area contributed by atoms with Crippen molar-refractivity contribution in [1.82, 2.24) is 39.9 Å². The summed E-state index contributed by atoms with van der Waals surface area (Å²) in [7, 11) is 1.77. The van der Waals surface area contributed by atoms with Crippen LogP contribution in [0.3, 0.4) is 0 Å². The Bertz CT molecular complexity index is 1840. The van der Waals surface area contributed by atoms with E-state index in [0.29, 0.717) is 43.0 Å². The second-order valence-corrected chi connectivity index (χ2v) is 14.3. The van der Waals surface area contributed by atoms with Crippen LogP contribution in [0.4, 0.5) is 15.4 Å². The van der Waals surface area contributed by atoms with E-state index >= 15 is 0 Å². The number of hydrogen-bond acceptors (Lipinski definition) is 11. The highest BCUT2D eigenvalue weighted by Crippen LogP contribution is 2.32. The van der Waals surface area contributed by atoms with Crippen LogP contribution in [-0.4, -0.2) is 88.9 Å². The number of carbonyl (C=O) groups excluding carboxylic acids is 3. The van der Waals surface area contributed by atoms with E-state index in [4.69, 9.17) is 14.2 Å². The second-order valence-electron chi connectivity index (χ2n) is 14.3. The van der Waals surface area contributed by atoms with Gasteiger partial charge in [-0.3, -0.25) is 14.4 Å². The number of aromatic nitrogens is 7. The van der Waals surface area contributed by atoms with E-state index in [1.54, 1.807) is 59.9 Å². The van der Waals surface area contributed by atoms with Gasteiger partial charge in [0.1, 0.15) is 17.1 Å². The molecular formula is C36H47N9O6. The number of nitrogens with zero attached hydrogens (tertiary/aromatic N) is 9. The Kier molecular flexibility index (Phi) is 11.1. The minimum absolute atomic E-state index is 0.175. The van der Waals surface area contributed by atoms with Crippen molar-refractivity contribution < 1.29 is 28.6 Å². The van der Waals surface area contributed by atoms with Crippen LogP contribution >= 0.6 is 0 Å². The largest absolute Gasteiger partial charge is 0.510 e. The number of aryl methyl sites for hydroxylation is 2. The van der Waals surface area contributed by atoms with Crippen molar-refractivity contribution in [3.63, 3.8) is 0 Å².